The summed E-state index contributed by atoms with van der Waals surface area (Å²) in [6, 6.07) is 12.1. The van der Waals surface area contributed by atoms with Gasteiger partial charge in [0.1, 0.15) is 0 Å². The normalized spacial score (nSPS) is 10.7. The molecule has 3 rings (SSSR count). The molecule has 0 N–H and O–H groups in total. The molecule has 0 aliphatic carbocycles. The van der Waals surface area contributed by atoms with E-state index in [2.05, 4.69) is 46.4 Å². The fraction of sp³-hybridized carbons (Fsp3) is 0.133. The monoisotopic (exact) mass is 283 g/mol. The van der Waals surface area contributed by atoms with Crippen LogP contribution in [0.2, 0.25) is 0 Å². The number of aryl methyl sites for hydroxylation is 1. The van der Waals surface area contributed by atoms with Gasteiger partial charge in [-0.25, -0.2) is 0 Å². The van der Waals surface area contributed by atoms with Crippen LogP contribution in [0.5, 0.6) is 0 Å². The third-order valence-electron chi connectivity index (χ3n) is 2.78. The molecule has 0 atom stereocenters. The van der Waals surface area contributed by atoms with E-state index in [1.54, 1.807) is 24.2 Å². The van der Waals surface area contributed by atoms with Crippen molar-refractivity contribution < 1.29 is 4.42 Å². The molecule has 0 bridgehead atoms. The maximum absolute atomic E-state index is 5.63. The molecule has 0 saturated carbocycles. The topological polar surface area (TPSA) is 51.8 Å². The highest BCUT2D eigenvalue weighted by Gasteiger charge is 2.08. The summed E-state index contributed by atoms with van der Waals surface area (Å²) in [4.78, 5) is 3.97. The fourth-order valence-corrected chi connectivity index (χ4v) is 2.53. The van der Waals surface area contributed by atoms with Gasteiger partial charge >= 0.3 is 0 Å². The Hall–Kier alpha value is -2.14. The van der Waals surface area contributed by atoms with Gasteiger partial charge in [0.25, 0.3) is 5.22 Å². The van der Waals surface area contributed by atoms with Gasteiger partial charge in [-0.3, -0.25) is 4.98 Å². The summed E-state index contributed by atoms with van der Waals surface area (Å²) >= 11 is 1.54. The first-order valence-corrected chi connectivity index (χ1v) is 7.22. The Kier molecular flexibility index (Phi) is 3.78. The van der Waals surface area contributed by atoms with Gasteiger partial charge in [-0.2, -0.15) is 0 Å². The van der Waals surface area contributed by atoms with Crippen LogP contribution in [-0.2, 0) is 5.75 Å². The summed E-state index contributed by atoms with van der Waals surface area (Å²) in [5.74, 6) is 1.35. The second-order valence-electron chi connectivity index (χ2n) is 4.39. The number of nitrogens with zero attached hydrogens (tertiary/aromatic N) is 3. The highest BCUT2D eigenvalue weighted by atomic mass is 32.2. The number of aromatic nitrogens is 3. The molecule has 0 aliphatic heterocycles. The summed E-state index contributed by atoms with van der Waals surface area (Å²) in [5.41, 5.74) is 3.39. The number of hydrogen-bond donors (Lipinski definition) is 0. The number of thioether (sulfide) groups is 1. The lowest BCUT2D eigenvalue weighted by atomic mass is 10.2. The van der Waals surface area contributed by atoms with Crippen molar-refractivity contribution in [3.05, 3.63) is 59.9 Å². The molecule has 0 spiro atoms. The Morgan fingerprint density at radius 1 is 1.10 bits per heavy atom. The van der Waals surface area contributed by atoms with E-state index in [0.717, 1.165) is 11.3 Å². The van der Waals surface area contributed by atoms with Crippen LogP contribution in [0.4, 0.5) is 0 Å². The molecule has 4 nitrogen and oxygen atoms in total. The average molecular weight is 283 g/mol. The minimum Gasteiger partial charge on any atom is -0.411 e. The van der Waals surface area contributed by atoms with Gasteiger partial charge < -0.3 is 4.42 Å². The SMILES string of the molecule is Cc1cccc(CSc2nnc(-c3ccncc3)o2)c1. The first-order valence-electron chi connectivity index (χ1n) is 6.23. The van der Waals surface area contributed by atoms with Crippen LogP contribution in [0.15, 0.2) is 58.4 Å². The van der Waals surface area contributed by atoms with Crippen LogP contribution in [-0.4, -0.2) is 15.2 Å². The van der Waals surface area contributed by atoms with Crippen LogP contribution < -0.4 is 0 Å². The van der Waals surface area contributed by atoms with Crippen LogP contribution in [0.1, 0.15) is 11.1 Å². The number of pyridine rings is 1. The van der Waals surface area contributed by atoms with E-state index in [4.69, 9.17) is 4.42 Å². The molecular formula is C15H13N3OS. The van der Waals surface area contributed by atoms with Gasteiger partial charge in [-0.15, -0.1) is 10.2 Å². The van der Waals surface area contributed by atoms with E-state index in [-0.39, 0.29) is 0 Å². The van der Waals surface area contributed by atoms with Gasteiger partial charge in [0, 0.05) is 23.7 Å². The number of hydrogen-bond acceptors (Lipinski definition) is 5. The summed E-state index contributed by atoms with van der Waals surface area (Å²) in [6.45, 7) is 2.09. The zero-order valence-corrected chi connectivity index (χ0v) is 11.8. The Bertz CT molecular complexity index is 697. The third kappa shape index (κ3) is 3.05. The Labute approximate surface area is 121 Å². The molecule has 5 heteroatoms. The van der Waals surface area contributed by atoms with Crippen molar-refractivity contribution in [2.75, 3.05) is 0 Å². The molecule has 0 aliphatic rings. The van der Waals surface area contributed by atoms with E-state index < -0.39 is 0 Å². The Morgan fingerprint density at radius 2 is 1.95 bits per heavy atom. The molecule has 20 heavy (non-hydrogen) atoms. The van der Waals surface area contributed by atoms with Crippen molar-refractivity contribution in [1.82, 2.24) is 15.2 Å². The Morgan fingerprint density at radius 3 is 2.75 bits per heavy atom. The molecule has 3 aromatic rings. The maximum Gasteiger partial charge on any atom is 0.277 e. The average Bonchev–Trinajstić information content (AvgIpc) is 2.95. The quantitative estimate of drug-likeness (QED) is 0.683. The molecule has 1 aromatic carbocycles. The van der Waals surface area contributed by atoms with Gasteiger partial charge in [-0.05, 0) is 24.6 Å². The summed E-state index contributed by atoms with van der Waals surface area (Å²) in [6.07, 6.45) is 3.41. The summed E-state index contributed by atoms with van der Waals surface area (Å²) < 4.78 is 5.63. The first kappa shape index (κ1) is 12.9. The summed E-state index contributed by atoms with van der Waals surface area (Å²) in [7, 11) is 0. The molecular weight excluding hydrogens is 270 g/mol. The maximum atomic E-state index is 5.63. The van der Waals surface area contributed by atoms with Gasteiger partial charge in [-0.1, -0.05) is 41.6 Å². The molecule has 2 heterocycles. The Balaban J connectivity index is 1.69. The van der Waals surface area contributed by atoms with Crippen LogP contribution >= 0.6 is 11.8 Å². The van der Waals surface area contributed by atoms with Crippen molar-refractivity contribution in [3.63, 3.8) is 0 Å². The highest BCUT2D eigenvalue weighted by Crippen LogP contribution is 2.25. The van der Waals surface area contributed by atoms with E-state index in [9.17, 15) is 0 Å². The predicted molar refractivity (Wildman–Crippen MR) is 78.3 cm³/mol. The van der Waals surface area contributed by atoms with Crippen molar-refractivity contribution in [2.45, 2.75) is 17.9 Å². The third-order valence-corrected chi connectivity index (χ3v) is 3.67. The fourth-order valence-electron chi connectivity index (χ4n) is 1.83. The van der Waals surface area contributed by atoms with Crippen LogP contribution in [0.25, 0.3) is 11.5 Å². The van der Waals surface area contributed by atoms with E-state index >= 15 is 0 Å². The molecule has 2 aromatic heterocycles. The van der Waals surface area contributed by atoms with Crippen molar-refractivity contribution in [2.24, 2.45) is 0 Å². The highest BCUT2D eigenvalue weighted by molar-refractivity contribution is 7.98. The minimum absolute atomic E-state index is 0.527. The van der Waals surface area contributed by atoms with Crippen molar-refractivity contribution in [1.29, 1.82) is 0 Å². The lowest BCUT2D eigenvalue weighted by Gasteiger charge is -1.99. The molecule has 0 fully saturated rings. The predicted octanol–water partition coefficient (Wildman–Crippen LogP) is 3.73. The second kappa shape index (κ2) is 5.88. The lowest BCUT2D eigenvalue weighted by molar-refractivity contribution is 0.466. The van der Waals surface area contributed by atoms with E-state index in [1.165, 1.54) is 11.1 Å². The number of rotatable bonds is 4. The smallest absolute Gasteiger partial charge is 0.277 e. The summed E-state index contributed by atoms with van der Waals surface area (Å²) in [5, 5.41) is 8.69. The van der Waals surface area contributed by atoms with Crippen LogP contribution in [0.3, 0.4) is 0 Å². The van der Waals surface area contributed by atoms with Crippen molar-refractivity contribution >= 4 is 11.8 Å². The van der Waals surface area contributed by atoms with E-state index in [0.29, 0.717) is 11.1 Å². The largest absolute Gasteiger partial charge is 0.411 e. The van der Waals surface area contributed by atoms with Crippen molar-refractivity contribution in [3.8, 4) is 11.5 Å². The van der Waals surface area contributed by atoms with Crippen LogP contribution in [0, 0.1) is 6.92 Å². The molecule has 100 valence electrons. The van der Waals surface area contributed by atoms with Gasteiger partial charge in [0.2, 0.25) is 5.89 Å². The zero-order valence-electron chi connectivity index (χ0n) is 11.0. The molecule has 0 radical (unpaired) electrons. The van der Waals surface area contributed by atoms with E-state index in [1.807, 2.05) is 12.1 Å². The standard InChI is InChI=1S/C15H13N3OS/c1-11-3-2-4-12(9-11)10-20-15-18-17-14(19-15)13-5-7-16-8-6-13/h2-9H,10H2,1H3. The molecule has 0 amide bonds. The zero-order chi connectivity index (χ0) is 13.8. The first-order chi connectivity index (χ1) is 9.81. The lowest BCUT2D eigenvalue weighted by Crippen LogP contribution is -1.81. The number of benzene rings is 1. The molecule has 0 unspecified atom stereocenters. The van der Waals surface area contributed by atoms with Gasteiger partial charge in [0.15, 0.2) is 0 Å². The second-order valence-corrected chi connectivity index (χ2v) is 5.31. The van der Waals surface area contributed by atoms with Gasteiger partial charge in [0.05, 0.1) is 0 Å². The molecule has 0 saturated heterocycles. The minimum atomic E-state index is 0.527.